The van der Waals surface area contributed by atoms with Gasteiger partial charge in [0.05, 0.1) is 0 Å². The van der Waals surface area contributed by atoms with E-state index in [9.17, 15) is 0 Å². The van der Waals surface area contributed by atoms with E-state index in [0.29, 0.717) is 17.5 Å². The lowest BCUT2D eigenvalue weighted by Crippen LogP contribution is -2.14. The predicted octanol–water partition coefficient (Wildman–Crippen LogP) is 12.4. The minimum absolute atomic E-state index is 0.0806. The van der Waals surface area contributed by atoms with Crippen LogP contribution in [0.5, 0.6) is 0 Å². The SMILES string of the molecule is CC1(C)c2ccccc2-c2cc(-c3nc(-c4ccc(-c5ccccc5)cc4)nc(-c4ccc5c(c4)oc4cccc(-c6ccccc6)c45)n3)ccc21. The van der Waals surface area contributed by atoms with E-state index in [0.717, 1.165) is 55.3 Å². The van der Waals surface area contributed by atoms with Crippen molar-refractivity contribution in [1.29, 1.82) is 0 Å². The Morgan fingerprint density at radius 3 is 1.67 bits per heavy atom. The maximum atomic E-state index is 6.49. The van der Waals surface area contributed by atoms with Gasteiger partial charge in [0.1, 0.15) is 11.2 Å². The van der Waals surface area contributed by atoms with Gasteiger partial charge in [-0.25, -0.2) is 15.0 Å². The zero-order chi connectivity index (χ0) is 34.8. The van der Waals surface area contributed by atoms with E-state index < -0.39 is 0 Å². The summed E-state index contributed by atoms with van der Waals surface area (Å²) in [7, 11) is 0. The van der Waals surface area contributed by atoms with Crippen molar-refractivity contribution >= 4 is 21.9 Å². The molecule has 10 rings (SSSR count). The second-order valence-electron chi connectivity index (χ2n) is 14.0. The van der Waals surface area contributed by atoms with Gasteiger partial charge in [0.15, 0.2) is 17.5 Å². The second-order valence-corrected chi connectivity index (χ2v) is 14.0. The first-order chi connectivity index (χ1) is 25.5. The number of furan rings is 1. The third-order valence-corrected chi connectivity index (χ3v) is 10.6. The molecule has 7 aromatic carbocycles. The lowest BCUT2D eigenvalue weighted by molar-refractivity contribution is 0.660. The zero-order valence-electron chi connectivity index (χ0n) is 28.8. The molecular formula is C48H33N3O. The van der Waals surface area contributed by atoms with Crippen LogP contribution in [0.15, 0.2) is 168 Å². The third-order valence-electron chi connectivity index (χ3n) is 10.6. The quantitative estimate of drug-likeness (QED) is 0.183. The largest absolute Gasteiger partial charge is 0.456 e. The molecule has 0 spiro atoms. The van der Waals surface area contributed by atoms with Gasteiger partial charge in [-0.2, -0.15) is 0 Å². The fraction of sp³-hybridized carbons (Fsp3) is 0.0625. The number of hydrogen-bond acceptors (Lipinski definition) is 4. The maximum absolute atomic E-state index is 6.49. The molecule has 0 radical (unpaired) electrons. The molecule has 4 nitrogen and oxygen atoms in total. The predicted molar refractivity (Wildman–Crippen MR) is 212 cm³/mol. The van der Waals surface area contributed by atoms with Crippen LogP contribution in [0, 0.1) is 0 Å². The van der Waals surface area contributed by atoms with Crippen LogP contribution in [-0.4, -0.2) is 15.0 Å². The molecule has 0 aliphatic heterocycles. The van der Waals surface area contributed by atoms with E-state index in [1.807, 2.05) is 18.2 Å². The molecular weight excluding hydrogens is 635 g/mol. The fourth-order valence-electron chi connectivity index (χ4n) is 7.89. The highest BCUT2D eigenvalue weighted by Crippen LogP contribution is 2.49. The minimum atomic E-state index is -0.0806. The van der Waals surface area contributed by atoms with E-state index >= 15 is 0 Å². The van der Waals surface area contributed by atoms with E-state index in [2.05, 4.69) is 159 Å². The summed E-state index contributed by atoms with van der Waals surface area (Å²) in [6.07, 6.45) is 0. The number of hydrogen-bond donors (Lipinski definition) is 0. The van der Waals surface area contributed by atoms with Gasteiger partial charge < -0.3 is 4.42 Å². The van der Waals surface area contributed by atoms with E-state index in [1.54, 1.807) is 0 Å². The highest BCUT2D eigenvalue weighted by atomic mass is 16.3. The number of aromatic nitrogens is 3. The molecule has 1 aliphatic carbocycles. The van der Waals surface area contributed by atoms with Crippen LogP contribution in [0.2, 0.25) is 0 Å². The molecule has 0 amide bonds. The molecule has 2 aromatic heterocycles. The summed E-state index contributed by atoms with van der Waals surface area (Å²) < 4.78 is 6.49. The summed E-state index contributed by atoms with van der Waals surface area (Å²) in [5.74, 6) is 1.85. The Hall–Kier alpha value is -6.65. The maximum Gasteiger partial charge on any atom is 0.164 e. The van der Waals surface area contributed by atoms with Crippen LogP contribution in [-0.2, 0) is 5.41 Å². The molecule has 52 heavy (non-hydrogen) atoms. The first kappa shape index (κ1) is 30.2. The summed E-state index contributed by atoms with van der Waals surface area (Å²) in [5, 5.41) is 2.16. The normalized spacial score (nSPS) is 13.0. The standard InChI is InChI=1S/C48H33N3O/c1-48(2)40-18-10-9-16-37(40)39-28-34(25-27-41(39)48)46-49-45(33-22-20-31(21-23-33)30-12-5-3-6-13-30)50-47(51-46)35-24-26-38-43(29-35)52-42-19-11-17-36(44(38)42)32-14-7-4-8-15-32/h3-29H,1-2H3. The Morgan fingerprint density at radius 2 is 0.923 bits per heavy atom. The molecule has 0 N–H and O–H groups in total. The van der Waals surface area contributed by atoms with E-state index in [-0.39, 0.29) is 5.41 Å². The average Bonchev–Trinajstić information content (AvgIpc) is 3.70. The highest BCUT2D eigenvalue weighted by molar-refractivity contribution is 6.13. The van der Waals surface area contributed by atoms with Crippen LogP contribution >= 0.6 is 0 Å². The Balaban J connectivity index is 1.13. The zero-order valence-corrected chi connectivity index (χ0v) is 28.8. The number of rotatable bonds is 5. The van der Waals surface area contributed by atoms with Gasteiger partial charge >= 0.3 is 0 Å². The van der Waals surface area contributed by atoms with E-state index in [4.69, 9.17) is 19.4 Å². The first-order valence-electron chi connectivity index (χ1n) is 17.7. The fourth-order valence-corrected chi connectivity index (χ4v) is 7.89. The van der Waals surface area contributed by atoms with Crippen molar-refractivity contribution < 1.29 is 4.42 Å². The molecule has 0 unspecified atom stereocenters. The molecule has 0 atom stereocenters. The second kappa shape index (κ2) is 11.7. The summed E-state index contributed by atoms with van der Waals surface area (Å²) in [6.45, 7) is 4.60. The van der Waals surface area contributed by atoms with Gasteiger partial charge in [-0.1, -0.05) is 153 Å². The van der Waals surface area contributed by atoms with Crippen LogP contribution in [0.4, 0.5) is 0 Å². The van der Waals surface area contributed by atoms with Gasteiger partial charge in [-0.05, 0) is 68.8 Å². The molecule has 2 heterocycles. The Morgan fingerprint density at radius 1 is 0.385 bits per heavy atom. The molecule has 0 saturated carbocycles. The monoisotopic (exact) mass is 667 g/mol. The topological polar surface area (TPSA) is 51.8 Å². The van der Waals surface area contributed by atoms with Crippen molar-refractivity contribution in [2.75, 3.05) is 0 Å². The van der Waals surface area contributed by atoms with Crippen LogP contribution in [0.25, 0.3) is 89.5 Å². The van der Waals surface area contributed by atoms with Crippen molar-refractivity contribution in [1.82, 2.24) is 15.0 Å². The van der Waals surface area contributed by atoms with Crippen LogP contribution in [0.3, 0.4) is 0 Å². The van der Waals surface area contributed by atoms with Gasteiger partial charge in [-0.3, -0.25) is 0 Å². The van der Waals surface area contributed by atoms with Crippen molar-refractivity contribution in [3.63, 3.8) is 0 Å². The number of benzene rings is 7. The summed E-state index contributed by atoms with van der Waals surface area (Å²) >= 11 is 0. The Kier molecular flexibility index (Phi) is 6.80. The van der Waals surface area contributed by atoms with Crippen LogP contribution in [0.1, 0.15) is 25.0 Å². The van der Waals surface area contributed by atoms with Crippen molar-refractivity contribution in [2.24, 2.45) is 0 Å². The lowest BCUT2D eigenvalue weighted by atomic mass is 9.82. The van der Waals surface area contributed by atoms with Gasteiger partial charge in [0.25, 0.3) is 0 Å². The summed E-state index contributed by atoms with van der Waals surface area (Å²) in [4.78, 5) is 15.4. The van der Waals surface area contributed by atoms with Crippen LogP contribution < -0.4 is 0 Å². The highest BCUT2D eigenvalue weighted by Gasteiger charge is 2.35. The minimum Gasteiger partial charge on any atom is -0.456 e. The number of nitrogens with zero attached hydrogens (tertiary/aromatic N) is 3. The molecule has 0 saturated heterocycles. The average molecular weight is 668 g/mol. The Bertz CT molecular complexity index is 2800. The smallest absolute Gasteiger partial charge is 0.164 e. The Labute approximate surface area is 302 Å². The molecule has 0 bridgehead atoms. The lowest BCUT2D eigenvalue weighted by Gasteiger charge is -2.21. The van der Waals surface area contributed by atoms with Crippen molar-refractivity contribution in [2.45, 2.75) is 19.3 Å². The molecule has 1 aliphatic rings. The molecule has 246 valence electrons. The first-order valence-corrected chi connectivity index (χ1v) is 17.7. The molecule has 4 heteroatoms. The van der Waals surface area contributed by atoms with Gasteiger partial charge in [0, 0.05) is 32.9 Å². The van der Waals surface area contributed by atoms with Crippen molar-refractivity contribution in [3.05, 3.63) is 175 Å². The third kappa shape index (κ3) is 4.87. The number of fused-ring (bicyclic) bond motifs is 6. The molecule has 0 fully saturated rings. The van der Waals surface area contributed by atoms with Gasteiger partial charge in [0.2, 0.25) is 0 Å². The van der Waals surface area contributed by atoms with Crippen molar-refractivity contribution in [3.8, 4) is 67.5 Å². The molecule has 9 aromatic rings. The summed E-state index contributed by atoms with van der Waals surface area (Å²) in [6, 6.07) is 57.2. The van der Waals surface area contributed by atoms with Gasteiger partial charge in [-0.15, -0.1) is 0 Å². The van der Waals surface area contributed by atoms with E-state index in [1.165, 1.54) is 27.8 Å². The summed E-state index contributed by atoms with van der Waals surface area (Å²) in [5.41, 5.74) is 14.1.